The van der Waals surface area contributed by atoms with E-state index in [9.17, 15) is 31.4 Å². The van der Waals surface area contributed by atoms with E-state index in [0.29, 0.717) is 33.8 Å². The molecule has 0 aromatic heterocycles. The highest BCUT2D eigenvalue weighted by atomic mass is 35.5. The van der Waals surface area contributed by atoms with Crippen molar-refractivity contribution < 1.29 is 31.4 Å². The first-order valence-corrected chi connectivity index (χ1v) is 10.3. The number of alkyl halides is 6. The number of anilines is 1. The van der Waals surface area contributed by atoms with Crippen molar-refractivity contribution in [2.75, 3.05) is 5.32 Å². The van der Waals surface area contributed by atoms with Gasteiger partial charge in [-0.3, -0.25) is 0 Å². The van der Waals surface area contributed by atoms with Crippen LogP contribution in [0.3, 0.4) is 0 Å². The van der Waals surface area contributed by atoms with Crippen molar-refractivity contribution in [3.63, 3.8) is 0 Å². The molecule has 0 saturated heterocycles. The zero-order chi connectivity index (χ0) is 22.8. The minimum Gasteiger partial charge on any atom is -0.378 e. The number of hydrogen-bond acceptors (Lipinski definition) is 2. The average molecular weight is 484 g/mol. The van der Waals surface area contributed by atoms with Crippen LogP contribution in [0.2, 0.25) is 10.0 Å². The second kappa shape index (κ2) is 7.46. The van der Waals surface area contributed by atoms with Crippen LogP contribution in [0, 0.1) is 5.92 Å². The Morgan fingerprint density at radius 3 is 2.16 bits per heavy atom. The van der Waals surface area contributed by atoms with Crippen molar-refractivity contribution in [2.45, 2.75) is 49.2 Å². The van der Waals surface area contributed by atoms with Crippen LogP contribution in [0.5, 0.6) is 0 Å². The number of benzene rings is 2. The molecule has 0 spiro atoms. The molecular formula is C21H17Cl2F6NO. The lowest BCUT2D eigenvalue weighted by Gasteiger charge is -2.39. The second-order valence-corrected chi connectivity index (χ2v) is 8.84. The summed E-state index contributed by atoms with van der Waals surface area (Å²) in [6.45, 7) is 0. The van der Waals surface area contributed by atoms with E-state index in [2.05, 4.69) is 5.32 Å². The van der Waals surface area contributed by atoms with Gasteiger partial charge < -0.3 is 10.4 Å². The van der Waals surface area contributed by atoms with Crippen LogP contribution in [0.15, 0.2) is 36.4 Å². The molecule has 0 amide bonds. The van der Waals surface area contributed by atoms with Crippen LogP contribution in [0.1, 0.15) is 47.9 Å². The molecule has 2 aromatic rings. The van der Waals surface area contributed by atoms with E-state index in [1.54, 1.807) is 18.2 Å². The van der Waals surface area contributed by atoms with E-state index in [0.717, 1.165) is 24.5 Å². The lowest BCUT2D eigenvalue weighted by molar-refractivity contribution is -0.376. The van der Waals surface area contributed by atoms with Crippen LogP contribution < -0.4 is 5.32 Å². The molecule has 168 valence electrons. The molecule has 1 saturated carbocycles. The zero-order valence-corrected chi connectivity index (χ0v) is 17.3. The van der Waals surface area contributed by atoms with Gasteiger partial charge in [0.1, 0.15) is 0 Å². The van der Waals surface area contributed by atoms with Gasteiger partial charge >= 0.3 is 12.4 Å². The van der Waals surface area contributed by atoms with E-state index in [1.165, 1.54) is 6.07 Å². The molecule has 1 aliphatic carbocycles. The molecule has 2 N–H and O–H groups in total. The Kier molecular flexibility index (Phi) is 5.42. The Balaban J connectivity index is 1.80. The molecule has 3 unspecified atom stereocenters. The lowest BCUT2D eigenvalue weighted by Crippen LogP contribution is -2.54. The maximum atomic E-state index is 13.3. The molecule has 1 fully saturated rings. The highest BCUT2D eigenvalue weighted by Gasteiger charge is 2.71. The van der Waals surface area contributed by atoms with Gasteiger partial charge in [0.25, 0.3) is 5.60 Å². The van der Waals surface area contributed by atoms with Gasteiger partial charge in [0.2, 0.25) is 0 Å². The average Bonchev–Trinajstić information content (AvgIpc) is 3.15. The smallest absolute Gasteiger partial charge is 0.378 e. The zero-order valence-electron chi connectivity index (χ0n) is 15.8. The first-order chi connectivity index (χ1) is 14.3. The maximum Gasteiger partial charge on any atom is 0.430 e. The summed E-state index contributed by atoms with van der Waals surface area (Å²) < 4.78 is 80.0. The standard InChI is InChI=1S/C21H17Cl2F6NO/c22-11-5-6-14(16(23)9-11)18-13-3-1-2-12(13)15-8-10(4-7-17(15)30-18)19(31,20(24,25)26)21(27,28)29/h4-9,12-13,18,30-31H,1-3H2. The first-order valence-electron chi connectivity index (χ1n) is 9.56. The molecule has 2 aromatic carbocycles. The number of rotatable bonds is 2. The van der Waals surface area contributed by atoms with Gasteiger partial charge in [-0.15, -0.1) is 0 Å². The molecule has 2 nitrogen and oxygen atoms in total. The first kappa shape index (κ1) is 22.6. The maximum absolute atomic E-state index is 13.3. The molecule has 31 heavy (non-hydrogen) atoms. The summed E-state index contributed by atoms with van der Waals surface area (Å²) in [5.41, 5.74) is -4.65. The fraction of sp³-hybridized carbons (Fsp3) is 0.429. The fourth-order valence-corrected chi connectivity index (χ4v) is 5.35. The van der Waals surface area contributed by atoms with E-state index in [1.807, 2.05) is 0 Å². The van der Waals surface area contributed by atoms with E-state index in [4.69, 9.17) is 23.2 Å². The highest BCUT2D eigenvalue weighted by molar-refractivity contribution is 6.35. The van der Waals surface area contributed by atoms with E-state index in [-0.39, 0.29) is 17.9 Å². The Hall–Kier alpha value is -1.64. The molecule has 3 atom stereocenters. The van der Waals surface area contributed by atoms with Gasteiger partial charge in [-0.25, -0.2) is 0 Å². The summed E-state index contributed by atoms with van der Waals surface area (Å²) >= 11 is 12.3. The largest absolute Gasteiger partial charge is 0.430 e. The number of hydrogen-bond donors (Lipinski definition) is 2. The predicted octanol–water partition coefficient (Wildman–Crippen LogP) is 7.36. The third kappa shape index (κ3) is 3.56. The van der Waals surface area contributed by atoms with Gasteiger partial charge in [-0.05, 0) is 60.1 Å². The molecule has 10 heteroatoms. The Morgan fingerprint density at radius 1 is 0.871 bits per heavy atom. The van der Waals surface area contributed by atoms with Crippen LogP contribution in [0.4, 0.5) is 32.0 Å². The Bertz CT molecular complexity index is 992. The van der Waals surface area contributed by atoms with Gasteiger partial charge in [-0.1, -0.05) is 41.8 Å². The molecular weight excluding hydrogens is 467 g/mol. The van der Waals surface area contributed by atoms with Crippen molar-refractivity contribution in [2.24, 2.45) is 5.92 Å². The van der Waals surface area contributed by atoms with Gasteiger partial charge in [0, 0.05) is 21.3 Å². The summed E-state index contributed by atoms with van der Waals surface area (Å²) in [6.07, 6.45) is -9.73. The van der Waals surface area contributed by atoms with Gasteiger partial charge in [-0.2, -0.15) is 26.3 Å². The van der Waals surface area contributed by atoms with Crippen LogP contribution in [0.25, 0.3) is 0 Å². The third-order valence-electron chi connectivity index (χ3n) is 6.30. The van der Waals surface area contributed by atoms with Crippen LogP contribution >= 0.6 is 23.2 Å². The summed E-state index contributed by atoms with van der Waals surface area (Å²) in [7, 11) is 0. The van der Waals surface area contributed by atoms with Crippen molar-refractivity contribution in [1.29, 1.82) is 0 Å². The van der Waals surface area contributed by atoms with Gasteiger partial charge in [0.15, 0.2) is 0 Å². The number of halogens is 8. The second-order valence-electron chi connectivity index (χ2n) is 8.00. The normalized spacial score (nSPS) is 23.8. The lowest BCUT2D eigenvalue weighted by atomic mass is 9.76. The Labute approximate surface area is 184 Å². The summed E-state index contributed by atoms with van der Waals surface area (Å²) in [5, 5.41) is 13.9. The highest BCUT2D eigenvalue weighted by Crippen LogP contribution is 2.56. The number of nitrogens with one attached hydrogen (secondary N) is 1. The monoisotopic (exact) mass is 483 g/mol. The quantitative estimate of drug-likeness (QED) is 0.437. The van der Waals surface area contributed by atoms with E-state index >= 15 is 0 Å². The third-order valence-corrected chi connectivity index (χ3v) is 6.86. The molecule has 0 radical (unpaired) electrons. The summed E-state index contributed by atoms with van der Waals surface area (Å²) in [6, 6.07) is 7.45. The molecule has 1 heterocycles. The van der Waals surface area contributed by atoms with E-state index < -0.39 is 23.5 Å². The summed E-state index contributed by atoms with van der Waals surface area (Å²) in [5.74, 6) is -0.343. The van der Waals surface area contributed by atoms with Crippen LogP contribution in [-0.2, 0) is 5.60 Å². The fourth-order valence-electron chi connectivity index (χ4n) is 4.82. The Morgan fingerprint density at radius 2 is 1.55 bits per heavy atom. The van der Waals surface area contributed by atoms with Gasteiger partial charge in [0.05, 0.1) is 6.04 Å². The predicted molar refractivity (Wildman–Crippen MR) is 105 cm³/mol. The van der Waals surface area contributed by atoms with Crippen molar-refractivity contribution in [3.8, 4) is 0 Å². The SMILES string of the molecule is OC(c1ccc2c(c1)C1CCCC1C(c1ccc(Cl)cc1Cl)N2)(C(F)(F)F)C(F)(F)F. The summed E-state index contributed by atoms with van der Waals surface area (Å²) in [4.78, 5) is 0. The molecule has 0 bridgehead atoms. The van der Waals surface area contributed by atoms with Crippen LogP contribution in [-0.4, -0.2) is 17.5 Å². The number of fused-ring (bicyclic) bond motifs is 3. The van der Waals surface area contributed by atoms with Crippen molar-refractivity contribution in [1.82, 2.24) is 0 Å². The minimum atomic E-state index is -5.92. The molecule has 2 aliphatic rings. The minimum absolute atomic E-state index is 0.0775. The molecule has 1 aliphatic heterocycles. The van der Waals surface area contributed by atoms with Crippen molar-refractivity contribution in [3.05, 3.63) is 63.1 Å². The molecule has 4 rings (SSSR count). The number of aliphatic hydroxyl groups is 1. The topological polar surface area (TPSA) is 32.3 Å². The van der Waals surface area contributed by atoms with Crippen molar-refractivity contribution >= 4 is 28.9 Å².